The van der Waals surface area contributed by atoms with Gasteiger partial charge in [-0.05, 0) is 85.7 Å². The van der Waals surface area contributed by atoms with Crippen LogP contribution in [0.2, 0.25) is 0 Å². The van der Waals surface area contributed by atoms with Crippen molar-refractivity contribution in [1.82, 2.24) is 0 Å². The van der Waals surface area contributed by atoms with E-state index in [2.05, 4.69) is 12.2 Å². The van der Waals surface area contributed by atoms with Crippen LogP contribution in [-0.2, 0) is 23.0 Å². The number of benzene rings is 3. The number of thioether (sulfide) groups is 1. The van der Waals surface area contributed by atoms with Crippen LogP contribution in [0.1, 0.15) is 43.0 Å². The molecule has 0 spiro atoms. The number of halogens is 4. The third-order valence-electron chi connectivity index (χ3n) is 5.39. The Morgan fingerprint density at radius 2 is 1.69 bits per heavy atom. The summed E-state index contributed by atoms with van der Waals surface area (Å²) in [4.78, 5) is 13.6. The van der Waals surface area contributed by atoms with E-state index in [-0.39, 0.29) is 17.9 Å². The van der Waals surface area contributed by atoms with Crippen molar-refractivity contribution in [2.45, 2.75) is 50.8 Å². The van der Waals surface area contributed by atoms with Gasteiger partial charge in [0.2, 0.25) is 5.91 Å². The van der Waals surface area contributed by atoms with E-state index in [1.807, 2.05) is 24.3 Å². The fourth-order valence-corrected chi connectivity index (χ4v) is 4.22. The number of nitrogens with one attached hydrogen (secondary N) is 1. The molecule has 1 amide bonds. The average molecular weight is 506 g/mol. The standard InChI is InChI=1S/C27H27F4NO2S/c1-5-35-21-10-6-18(7-11-21)15-25(33)32-20-9-13-24(17(2)14-20)34-26(3,4)19-8-12-22(23(28)16-19)27(29,30)31/h6-14,16H,5,15H2,1-4H3,(H,32,33). The number of aryl methyl sites for hydroxylation is 1. The van der Waals surface area contributed by atoms with Crippen molar-refractivity contribution in [1.29, 1.82) is 0 Å². The zero-order valence-electron chi connectivity index (χ0n) is 19.9. The van der Waals surface area contributed by atoms with Gasteiger partial charge in [-0.1, -0.05) is 25.1 Å². The Hall–Kier alpha value is -3.00. The van der Waals surface area contributed by atoms with E-state index in [1.54, 1.807) is 50.7 Å². The Morgan fingerprint density at radius 3 is 2.26 bits per heavy atom. The first-order valence-corrected chi connectivity index (χ1v) is 12.1. The van der Waals surface area contributed by atoms with E-state index in [1.165, 1.54) is 6.07 Å². The molecule has 0 saturated carbocycles. The first-order valence-electron chi connectivity index (χ1n) is 11.1. The second kappa shape index (κ2) is 10.7. The van der Waals surface area contributed by atoms with Crippen molar-refractivity contribution in [3.8, 4) is 5.75 Å². The summed E-state index contributed by atoms with van der Waals surface area (Å²) in [6, 6.07) is 15.7. The van der Waals surface area contributed by atoms with E-state index in [4.69, 9.17) is 4.74 Å². The van der Waals surface area contributed by atoms with Gasteiger partial charge in [-0.15, -0.1) is 11.8 Å². The summed E-state index contributed by atoms with van der Waals surface area (Å²) in [6.07, 6.45) is -4.52. The van der Waals surface area contributed by atoms with Crippen LogP contribution in [0, 0.1) is 12.7 Å². The van der Waals surface area contributed by atoms with Gasteiger partial charge < -0.3 is 10.1 Å². The van der Waals surface area contributed by atoms with Gasteiger partial charge in [0.25, 0.3) is 0 Å². The normalized spacial score (nSPS) is 11.9. The summed E-state index contributed by atoms with van der Waals surface area (Å²) in [5.74, 6) is -0.0517. The van der Waals surface area contributed by atoms with Gasteiger partial charge in [0.05, 0.1) is 12.0 Å². The number of carbonyl (C=O) groups is 1. The molecule has 3 rings (SSSR count). The number of rotatable bonds is 8. The lowest BCUT2D eigenvalue weighted by Crippen LogP contribution is -2.26. The molecule has 0 aliphatic carbocycles. The number of hydrogen-bond donors (Lipinski definition) is 1. The number of ether oxygens (including phenoxy) is 1. The van der Waals surface area contributed by atoms with E-state index in [0.29, 0.717) is 17.0 Å². The molecule has 0 aliphatic rings. The second-order valence-electron chi connectivity index (χ2n) is 8.59. The molecule has 3 nitrogen and oxygen atoms in total. The maximum atomic E-state index is 14.1. The number of amides is 1. The van der Waals surface area contributed by atoms with Crippen molar-refractivity contribution in [3.63, 3.8) is 0 Å². The van der Waals surface area contributed by atoms with E-state index in [0.717, 1.165) is 28.3 Å². The summed E-state index contributed by atoms with van der Waals surface area (Å²) in [6.45, 7) is 7.17. The van der Waals surface area contributed by atoms with Gasteiger partial charge in [-0.25, -0.2) is 4.39 Å². The van der Waals surface area contributed by atoms with Crippen molar-refractivity contribution < 1.29 is 27.1 Å². The van der Waals surface area contributed by atoms with Gasteiger partial charge in [0, 0.05) is 10.6 Å². The molecule has 0 atom stereocenters. The van der Waals surface area contributed by atoms with Crippen LogP contribution in [-0.4, -0.2) is 11.7 Å². The zero-order valence-corrected chi connectivity index (χ0v) is 20.7. The lowest BCUT2D eigenvalue weighted by atomic mass is 9.96. The molecule has 0 aromatic heterocycles. The molecule has 8 heteroatoms. The van der Waals surface area contributed by atoms with E-state index >= 15 is 0 Å². The fourth-order valence-electron chi connectivity index (χ4n) is 3.56. The van der Waals surface area contributed by atoms with Crippen molar-refractivity contribution in [2.75, 3.05) is 11.1 Å². The van der Waals surface area contributed by atoms with Gasteiger partial charge in [0.15, 0.2) is 0 Å². The molecule has 3 aromatic rings. The average Bonchev–Trinajstić information content (AvgIpc) is 2.76. The smallest absolute Gasteiger partial charge is 0.419 e. The van der Waals surface area contributed by atoms with E-state index in [9.17, 15) is 22.4 Å². The third kappa shape index (κ3) is 7.01. The number of alkyl halides is 3. The van der Waals surface area contributed by atoms with Gasteiger partial charge in [-0.2, -0.15) is 13.2 Å². The molecule has 0 radical (unpaired) electrons. The van der Waals surface area contributed by atoms with Gasteiger partial charge in [-0.3, -0.25) is 4.79 Å². The second-order valence-corrected chi connectivity index (χ2v) is 9.92. The quantitative estimate of drug-likeness (QED) is 0.251. The third-order valence-corrected chi connectivity index (χ3v) is 6.29. The monoisotopic (exact) mass is 505 g/mol. The van der Waals surface area contributed by atoms with Crippen LogP contribution in [0.3, 0.4) is 0 Å². The van der Waals surface area contributed by atoms with Gasteiger partial charge in [0.1, 0.15) is 17.2 Å². The van der Waals surface area contributed by atoms with Crippen LogP contribution in [0.5, 0.6) is 5.75 Å². The summed E-state index contributed by atoms with van der Waals surface area (Å²) < 4.78 is 58.7. The minimum Gasteiger partial charge on any atom is -0.483 e. The maximum absolute atomic E-state index is 14.1. The highest BCUT2D eigenvalue weighted by Gasteiger charge is 2.35. The molecular formula is C27H27F4NO2S. The first-order chi connectivity index (χ1) is 16.4. The summed E-state index contributed by atoms with van der Waals surface area (Å²) in [5.41, 5.74) is 0.0703. The molecule has 3 aromatic carbocycles. The minimum atomic E-state index is -4.76. The molecule has 1 N–H and O–H groups in total. The van der Waals surface area contributed by atoms with Gasteiger partial charge >= 0.3 is 6.18 Å². The maximum Gasteiger partial charge on any atom is 0.419 e. The van der Waals surface area contributed by atoms with Crippen LogP contribution >= 0.6 is 11.8 Å². The highest BCUT2D eigenvalue weighted by molar-refractivity contribution is 7.99. The Morgan fingerprint density at radius 1 is 1.00 bits per heavy atom. The topological polar surface area (TPSA) is 38.3 Å². The molecule has 35 heavy (non-hydrogen) atoms. The lowest BCUT2D eigenvalue weighted by molar-refractivity contribution is -0.140. The molecule has 0 bridgehead atoms. The molecule has 0 unspecified atom stereocenters. The number of anilines is 1. The summed E-state index contributed by atoms with van der Waals surface area (Å²) >= 11 is 1.74. The predicted octanol–water partition coefficient (Wildman–Crippen LogP) is 7.76. The van der Waals surface area contributed by atoms with Crippen molar-refractivity contribution in [2.24, 2.45) is 0 Å². The Bertz CT molecular complexity index is 1190. The number of carbonyl (C=O) groups excluding carboxylic acids is 1. The highest BCUT2D eigenvalue weighted by Crippen LogP contribution is 2.36. The molecule has 0 aliphatic heterocycles. The largest absolute Gasteiger partial charge is 0.483 e. The number of hydrogen-bond acceptors (Lipinski definition) is 3. The Labute approximate surface area is 206 Å². The SMILES string of the molecule is CCSc1ccc(CC(=O)Nc2ccc(OC(C)(C)c3ccc(C(F)(F)F)c(F)c3)c(C)c2)cc1. The van der Waals surface area contributed by atoms with Crippen molar-refractivity contribution in [3.05, 3.63) is 88.7 Å². The summed E-state index contributed by atoms with van der Waals surface area (Å²) in [5, 5.41) is 2.86. The fraction of sp³-hybridized carbons (Fsp3) is 0.296. The van der Waals surface area contributed by atoms with Crippen LogP contribution in [0.15, 0.2) is 65.6 Å². The molecule has 0 saturated heterocycles. The predicted molar refractivity (Wildman–Crippen MR) is 131 cm³/mol. The van der Waals surface area contributed by atoms with Crippen LogP contribution in [0.4, 0.5) is 23.2 Å². The van der Waals surface area contributed by atoms with Crippen LogP contribution in [0.25, 0.3) is 0 Å². The molecular weight excluding hydrogens is 478 g/mol. The molecule has 0 fully saturated rings. The molecule has 186 valence electrons. The Balaban J connectivity index is 1.67. The van der Waals surface area contributed by atoms with E-state index < -0.39 is 23.2 Å². The zero-order chi connectivity index (χ0) is 25.8. The summed E-state index contributed by atoms with van der Waals surface area (Å²) in [7, 11) is 0. The molecule has 0 heterocycles. The Kier molecular flexibility index (Phi) is 8.15. The van der Waals surface area contributed by atoms with Crippen molar-refractivity contribution >= 4 is 23.4 Å². The minimum absolute atomic E-state index is 0.158. The lowest BCUT2D eigenvalue weighted by Gasteiger charge is -2.28. The first kappa shape index (κ1) is 26.6. The highest BCUT2D eigenvalue weighted by atomic mass is 32.2. The van der Waals surface area contributed by atoms with Crippen LogP contribution < -0.4 is 10.1 Å².